The van der Waals surface area contributed by atoms with Gasteiger partial charge in [-0.3, -0.25) is 0 Å². The normalized spacial score (nSPS) is 15.0. The van der Waals surface area contributed by atoms with Crippen LogP contribution in [0.3, 0.4) is 0 Å². The second-order valence-electron chi connectivity index (χ2n) is 5.68. The number of hydrogen-bond acceptors (Lipinski definition) is 7. The molecule has 1 aliphatic heterocycles. The van der Waals surface area contributed by atoms with E-state index >= 15 is 0 Å². The molecule has 0 aromatic carbocycles. The molecule has 0 spiro atoms. The number of methoxy groups -OCH3 is 1. The maximum Gasteiger partial charge on any atom is 0.228 e. The van der Waals surface area contributed by atoms with Crippen LogP contribution in [0.25, 0.3) is 0 Å². The summed E-state index contributed by atoms with van der Waals surface area (Å²) in [5.74, 6) is 3.17. The first-order valence-electron chi connectivity index (χ1n) is 7.77. The SMILES string of the molecule is COc1ccnc(N2CCN(c3nc(C)nc(C)c3C)CC2)n1. The lowest BCUT2D eigenvalue weighted by atomic mass is 10.2. The highest BCUT2D eigenvalue weighted by Gasteiger charge is 2.22. The van der Waals surface area contributed by atoms with Crippen molar-refractivity contribution >= 4 is 11.8 Å². The van der Waals surface area contributed by atoms with Crippen molar-refractivity contribution in [3.8, 4) is 5.88 Å². The molecular formula is C16H22N6O. The molecule has 0 atom stereocenters. The standard InChI is InChI=1S/C16H22N6O/c1-11-12(2)18-13(3)19-15(11)21-7-9-22(10-8-21)16-17-6-5-14(20-16)23-4/h5-6H,7-10H2,1-4H3. The first-order valence-corrected chi connectivity index (χ1v) is 7.77. The average molecular weight is 314 g/mol. The average Bonchev–Trinajstić information content (AvgIpc) is 2.58. The molecule has 7 heteroatoms. The van der Waals surface area contributed by atoms with E-state index in [-0.39, 0.29) is 0 Å². The van der Waals surface area contributed by atoms with E-state index in [1.165, 1.54) is 0 Å². The highest BCUT2D eigenvalue weighted by atomic mass is 16.5. The van der Waals surface area contributed by atoms with Gasteiger partial charge in [-0.15, -0.1) is 0 Å². The zero-order chi connectivity index (χ0) is 16.4. The van der Waals surface area contributed by atoms with Gasteiger partial charge in [-0.1, -0.05) is 0 Å². The van der Waals surface area contributed by atoms with Gasteiger partial charge in [0.1, 0.15) is 11.6 Å². The Morgan fingerprint density at radius 2 is 1.65 bits per heavy atom. The minimum Gasteiger partial charge on any atom is -0.481 e. The Morgan fingerprint density at radius 1 is 0.957 bits per heavy atom. The molecule has 1 aliphatic rings. The fourth-order valence-corrected chi connectivity index (χ4v) is 2.78. The topological polar surface area (TPSA) is 67.3 Å². The van der Waals surface area contributed by atoms with E-state index in [0.717, 1.165) is 55.0 Å². The third-order valence-corrected chi connectivity index (χ3v) is 4.16. The quantitative estimate of drug-likeness (QED) is 0.851. The highest BCUT2D eigenvalue weighted by molar-refractivity contribution is 5.50. The van der Waals surface area contributed by atoms with Gasteiger partial charge in [-0.05, 0) is 20.8 Å². The molecule has 0 saturated carbocycles. The summed E-state index contributed by atoms with van der Waals surface area (Å²) in [6, 6.07) is 1.76. The molecule has 2 aromatic heterocycles. The first kappa shape index (κ1) is 15.5. The van der Waals surface area contributed by atoms with Gasteiger partial charge in [0, 0.05) is 49.7 Å². The summed E-state index contributed by atoms with van der Waals surface area (Å²) in [5.41, 5.74) is 2.20. The largest absolute Gasteiger partial charge is 0.481 e. The fraction of sp³-hybridized carbons (Fsp3) is 0.500. The van der Waals surface area contributed by atoms with Crippen LogP contribution in [0.1, 0.15) is 17.1 Å². The zero-order valence-corrected chi connectivity index (χ0v) is 14.1. The monoisotopic (exact) mass is 314 g/mol. The summed E-state index contributed by atoms with van der Waals surface area (Å²) >= 11 is 0. The molecule has 1 fully saturated rings. The van der Waals surface area contributed by atoms with Gasteiger partial charge in [0.25, 0.3) is 0 Å². The van der Waals surface area contributed by atoms with Gasteiger partial charge < -0.3 is 14.5 Å². The number of hydrogen-bond donors (Lipinski definition) is 0. The molecule has 122 valence electrons. The van der Waals surface area contributed by atoms with Crippen molar-refractivity contribution in [1.29, 1.82) is 0 Å². The number of ether oxygens (including phenoxy) is 1. The Kier molecular flexibility index (Phi) is 4.27. The molecular weight excluding hydrogens is 292 g/mol. The van der Waals surface area contributed by atoms with Crippen molar-refractivity contribution in [3.63, 3.8) is 0 Å². The van der Waals surface area contributed by atoms with Crippen molar-refractivity contribution in [2.24, 2.45) is 0 Å². The van der Waals surface area contributed by atoms with E-state index in [2.05, 4.69) is 36.7 Å². The number of aromatic nitrogens is 4. The van der Waals surface area contributed by atoms with Crippen LogP contribution in [0.15, 0.2) is 12.3 Å². The predicted octanol–water partition coefficient (Wildman–Crippen LogP) is 1.53. The Hall–Kier alpha value is -2.44. The van der Waals surface area contributed by atoms with Crippen LogP contribution in [0, 0.1) is 20.8 Å². The number of rotatable bonds is 3. The Balaban J connectivity index is 1.73. The summed E-state index contributed by atoms with van der Waals surface area (Å²) in [4.78, 5) is 22.3. The van der Waals surface area contributed by atoms with Crippen molar-refractivity contribution in [2.75, 3.05) is 43.1 Å². The van der Waals surface area contributed by atoms with Crippen LogP contribution in [-0.4, -0.2) is 53.2 Å². The molecule has 0 unspecified atom stereocenters. The van der Waals surface area contributed by atoms with Crippen molar-refractivity contribution < 1.29 is 4.74 Å². The van der Waals surface area contributed by atoms with Gasteiger partial charge >= 0.3 is 0 Å². The van der Waals surface area contributed by atoms with Gasteiger partial charge in [0.05, 0.1) is 7.11 Å². The number of piperazine rings is 1. The summed E-state index contributed by atoms with van der Waals surface area (Å²) < 4.78 is 5.17. The number of nitrogens with zero attached hydrogens (tertiary/aromatic N) is 6. The van der Waals surface area contributed by atoms with Crippen LogP contribution in [0.5, 0.6) is 5.88 Å². The minimum absolute atomic E-state index is 0.593. The summed E-state index contributed by atoms with van der Waals surface area (Å²) in [7, 11) is 1.62. The van der Waals surface area contributed by atoms with E-state index in [4.69, 9.17) is 4.74 Å². The van der Waals surface area contributed by atoms with Crippen LogP contribution >= 0.6 is 0 Å². The molecule has 2 aromatic rings. The van der Waals surface area contributed by atoms with Crippen LogP contribution in [0.4, 0.5) is 11.8 Å². The summed E-state index contributed by atoms with van der Waals surface area (Å²) in [6.07, 6.45) is 1.73. The molecule has 3 heterocycles. The van der Waals surface area contributed by atoms with Gasteiger partial charge in [0.2, 0.25) is 11.8 Å². The zero-order valence-electron chi connectivity index (χ0n) is 14.1. The smallest absolute Gasteiger partial charge is 0.228 e. The molecule has 0 aliphatic carbocycles. The second-order valence-corrected chi connectivity index (χ2v) is 5.68. The van der Waals surface area contributed by atoms with Crippen molar-refractivity contribution in [1.82, 2.24) is 19.9 Å². The van der Waals surface area contributed by atoms with Crippen LogP contribution in [-0.2, 0) is 0 Å². The Labute approximate surface area is 136 Å². The lowest BCUT2D eigenvalue weighted by Gasteiger charge is -2.36. The van der Waals surface area contributed by atoms with E-state index in [9.17, 15) is 0 Å². The molecule has 0 bridgehead atoms. The third-order valence-electron chi connectivity index (χ3n) is 4.16. The molecule has 3 rings (SSSR count). The summed E-state index contributed by atoms with van der Waals surface area (Å²) in [6.45, 7) is 9.55. The van der Waals surface area contributed by atoms with Gasteiger partial charge in [0.15, 0.2) is 0 Å². The first-order chi connectivity index (χ1) is 11.1. The second kappa shape index (κ2) is 6.36. The Bertz CT molecular complexity index is 697. The van der Waals surface area contributed by atoms with Gasteiger partial charge in [-0.25, -0.2) is 15.0 Å². The predicted molar refractivity (Wildman–Crippen MR) is 89.3 cm³/mol. The van der Waals surface area contributed by atoms with E-state index in [1.54, 1.807) is 19.4 Å². The maximum atomic E-state index is 5.17. The Morgan fingerprint density at radius 3 is 2.35 bits per heavy atom. The lowest BCUT2D eigenvalue weighted by molar-refractivity contribution is 0.396. The highest BCUT2D eigenvalue weighted by Crippen LogP contribution is 2.22. The third kappa shape index (κ3) is 3.18. The van der Waals surface area contributed by atoms with Gasteiger partial charge in [-0.2, -0.15) is 4.98 Å². The molecule has 0 amide bonds. The lowest BCUT2D eigenvalue weighted by Crippen LogP contribution is -2.47. The molecule has 0 radical (unpaired) electrons. The van der Waals surface area contributed by atoms with Crippen molar-refractivity contribution in [2.45, 2.75) is 20.8 Å². The fourth-order valence-electron chi connectivity index (χ4n) is 2.78. The van der Waals surface area contributed by atoms with Crippen LogP contribution < -0.4 is 14.5 Å². The molecule has 7 nitrogen and oxygen atoms in total. The maximum absolute atomic E-state index is 5.17. The summed E-state index contributed by atoms with van der Waals surface area (Å²) in [5, 5.41) is 0. The molecule has 0 N–H and O–H groups in total. The van der Waals surface area contributed by atoms with E-state index < -0.39 is 0 Å². The van der Waals surface area contributed by atoms with E-state index in [1.807, 2.05) is 13.8 Å². The molecule has 1 saturated heterocycles. The minimum atomic E-state index is 0.593. The van der Waals surface area contributed by atoms with E-state index in [0.29, 0.717) is 5.88 Å². The number of aryl methyl sites for hydroxylation is 2. The molecule has 23 heavy (non-hydrogen) atoms. The number of anilines is 2. The van der Waals surface area contributed by atoms with Crippen molar-refractivity contribution in [3.05, 3.63) is 29.3 Å². The van der Waals surface area contributed by atoms with Crippen LogP contribution in [0.2, 0.25) is 0 Å².